The zero-order valence-electron chi connectivity index (χ0n) is 11.3. The fourth-order valence-electron chi connectivity index (χ4n) is 2.25. The van der Waals surface area contributed by atoms with Gasteiger partial charge < -0.3 is 10.1 Å². The van der Waals surface area contributed by atoms with Crippen molar-refractivity contribution in [2.24, 2.45) is 0 Å². The third kappa shape index (κ3) is 2.74. The summed E-state index contributed by atoms with van der Waals surface area (Å²) in [5.41, 5.74) is 0.258. The van der Waals surface area contributed by atoms with Crippen LogP contribution in [0.25, 0.3) is 0 Å². The average molecular weight is 308 g/mol. The van der Waals surface area contributed by atoms with Crippen LogP contribution in [0, 0.1) is 0 Å². The molecule has 1 aromatic carbocycles. The smallest absolute Gasteiger partial charge is 0.421 e. The topological polar surface area (TPSA) is 51.2 Å². The lowest BCUT2D eigenvalue weighted by molar-refractivity contribution is -0.138. The molecule has 4 nitrogen and oxygen atoms in total. The lowest BCUT2D eigenvalue weighted by Crippen LogP contribution is -2.19. The number of pyridine rings is 1. The highest BCUT2D eigenvalue weighted by Gasteiger charge is 2.35. The van der Waals surface area contributed by atoms with Crippen molar-refractivity contribution < 1.29 is 22.7 Å². The fraction of sp³-hybridized carbons (Fsp3) is 0.200. The second-order valence-corrected chi connectivity index (χ2v) is 4.79. The Labute approximate surface area is 123 Å². The van der Waals surface area contributed by atoms with Gasteiger partial charge >= 0.3 is 6.18 Å². The van der Waals surface area contributed by atoms with E-state index >= 15 is 0 Å². The van der Waals surface area contributed by atoms with E-state index in [1.807, 2.05) is 0 Å². The van der Waals surface area contributed by atoms with Gasteiger partial charge in [0.15, 0.2) is 5.75 Å². The van der Waals surface area contributed by atoms with Gasteiger partial charge in [-0.2, -0.15) is 13.2 Å². The first-order valence-electron chi connectivity index (χ1n) is 6.57. The number of aryl methyl sites for hydroxylation is 1. The molecule has 0 radical (unpaired) electrons. The Morgan fingerprint density at radius 2 is 1.95 bits per heavy atom. The van der Waals surface area contributed by atoms with Crippen molar-refractivity contribution in [1.29, 1.82) is 0 Å². The van der Waals surface area contributed by atoms with Crippen molar-refractivity contribution >= 4 is 11.6 Å². The third-order valence-corrected chi connectivity index (χ3v) is 3.28. The van der Waals surface area contributed by atoms with E-state index in [2.05, 4.69) is 10.3 Å². The summed E-state index contributed by atoms with van der Waals surface area (Å²) in [4.78, 5) is 15.1. The van der Waals surface area contributed by atoms with Gasteiger partial charge in [-0.05, 0) is 30.2 Å². The summed E-state index contributed by atoms with van der Waals surface area (Å²) in [5.74, 6) is -0.585. The van der Waals surface area contributed by atoms with Crippen LogP contribution < -0.4 is 10.1 Å². The predicted octanol–water partition coefficient (Wildman–Crippen LogP) is 3.78. The van der Waals surface area contributed by atoms with Crippen LogP contribution in [0.3, 0.4) is 0 Å². The first kappa shape index (κ1) is 14.4. The molecule has 1 N–H and O–H groups in total. The van der Waals surface area contributed by atoms with Crippen molar-refractivity contribution in [2.45, 2.75) is 19.0 Å². The number of aromatic nitrogens is 1. The van der Waals surface area contributed by atoms with Crippen LogP contribution in [-0.4, -0.2) is 10.9 Å². The monoisotopic (exact) mass is 308 g/mol. The summed E-state index contributed by atoms with van der Waals surface area (Å²) in [7, 11) is 0. The SMILES string of the molecule is O=C1CCc2cccc(Oc3ncccc3C(F)(F)F)c2N1. The highest BCUT2D eigenvalue weighted by Crippen LogP contribution is 2.40. The molecule has 1 aliphatic heterocycles. The molecule has 1 amide bonds. The Balaban J connectivity index is 2.00. The Bertz CT molecular complexity index is 729. The number of amides is 1. The number of anilines is 1. The predicted molar refractivity (Wildman–Crippen MR) is 72.7 cm³/mol. The molecule has 2 aromatic rings. The summed E-state index contributed by atoms with van der Waals surface area (Å²) in [5, 5.41) is 2.63. The molecule has 2 heterocycles. The normalized spacial score (nSPS) is 14.2. The minimum absolute atomic E-state index is 0.148. The lowest BCUT2D eigenvalue weighted by Gasteiger charge is -2.20. The van der Waals surface area contributed by atoms with E-state index in [0.29, 0.717) is 18.5 Å². The minimum atomic E-state index is -4.57. The van der Waals surface area contributed by atoms with E-state index in [-0.39, 0.29) is 11.7 Å². The van der Waals surface area contributed by atoms with Gasteiger partial charge in [-0.3, -0.25) is 4.79 Å². The highest BCUT2D eigenvalue weighted by molar-refractivity contribution is 5.95. The summed E-state index contributed by atoms with van der Waals surface area (Å²) in [6, 6.07) is 7.06. The molecule has 114 valence electrons. The van der Waals surface area contributed by atoms with Crippen LogP contribution >= 0.6 is 0 Å². The van der Waals surface area contributed by atoms with Crippen molar-refractivity contribution in [3.8, 4) is 11.6 Å². The number of carbonyl (C=O) groups excluding carboxylic acids is 1. The van der Waals surface area contributed by atoms with Crippen molar-refractivity contribution in [1.82, 2.24) is 4.98 Å². The maximum atomic E-state index is 13.0. The molecule has 3 rings (SSSR count). The molecule has 1 aromatic heterocycles. The summed E-state index contributed by atoms with van der Waals surface area (Å²) >= 11 is 0. The van der Waals surface area contributed by atoms with Gasteiger partial charge in [-0.1, -0.05) is 12.1 Å². The zero-order valence-corrected chi connectivity index (χ0v) is 11.3. The number of hydrogen-bond acceptors (Lipinski definition) is 3. The van der Waals surface area contributed by atoms with Crippen LogP contribution in [0.1, 0.15) is 17.5 Å². The Morgan fingerprint density at radius 1 is 1.14 bits per heavy atom. The molecule has 0 bridgehead atoms. The molecule has 7 heteroatoms. The van der Waals surface area contributed by atoms with Crippen molar-refractivity contribution in [3.63, 3.8) is 0 Å². The maximum Gasteiger partial charge on any atom is 0.421 e. The van der Waals surface area contributed by atoms with Gasteiger partial charge in [-0.15, -0.1) is 0 Å². The van der Waals surface area contributed by atoms with E-state index < -0.39 is 17.6 Å². The zero-order chi connectivity index (χ0) is 15.7. The molecule has 0 atom stereocenters. The van der Waals surface area contributed by atoms with E-state index in [1.165, 1.54) is 18.3 Å². The van der Waals surface area contributed by atoms with E-state index in [9.17, 15) is 18.0 Å². The molecule has 0 saturated carbocycles. The van der Waals surface area contributed by atoms with Crippen LogP contribution in [0.4, 0.5) is 18.9 Å². The van der Waals surface area contributed by atoms with Gasteiger partial charge in [0.25, 0.3) is 0 Å². The number of para-hydroxylation sites is 1. The minimum Gasteiger partial charge on any atom is -0.436 e. The van der Waals surface area contributed by atoms with Crippen molar-refractivity contribution in [2.75, 3.05) is 5.32 Å². The quantitative estimate of drug-likeness (QED) is 0.918. The number of halogens is 3. The molecule has 0 fully saturated rings. The molecule has 0 unspecified atom stereocenters. The Hall–Kier alpha value is -2.57. The van der Waals surface area contributed by atoms with E-state index in [4.69, 9.17) is 4.74 Å². The van der Waals surface area contributed by atoms with Gasteiger partial charge in [0.05, 0.1) is 5.69 Å². The number of carbonyl (C=O) groups is 1. The summed E-state index contributed by atoms with van der Waals surface area (Å²) in [6.45, 7) is 0. The second kappa shape index (κ2) is 5.32. The van der Waals surface area contributed by atoms with Gasteiger partial charge in [-0.25, -0.2) is 4.98 Å². The molecule has 0 aliphatic carbocycles. The van der Waals surface area contributed by atoms with Crippen LogP contribution in [-0.2, 0) is 17.4 Å². The molecule has 22 heavy (non-hydrogen) atoms. The highest BCUT2D eigenvalue weighted by atomic mass is 19.4. The largest absolute Gasteiger partial charge is 0.436 e. The standard InChI is InChI=1S/C15H11F3N2O2/c16-15(17,18)10-4-2-8-19-14(10)22-11-5-1-3-9-6-7-12(21)20-13(9)11/h1-5,8H,6-7H2,(H,20,21). The first-order chi connectivity index (χ1) is 10.4. The summed E-state index contributed by atoms with van der Waals surface area (Å²) in [6.07, 6.45) is -2.49. The van der Waals surface area contributed by atoms with E-state index in [1.54, 1.807) is 12.1 Å². The summed E-state index contributed by atoms with van der Waals surface area (Å²) < 4.78 is 44.2. The number of rotatable bonds is 2. The Morgan fingerprint density at radius 3 is 2.73 bits per heavy atom. The third-order valence-electron chi connectivity index (χ3n) is 3.28. The number of nitrogens with one attached hydrogen (secondary N) is 1. The number of fused-ring (bicyclic) bond motifs is 1. The van der Waals surface area contributed by atoms with Gasteiger partial charge in [0.2, 0.25) is 11.8 Å². The first-order valence-corrected chi connectivity index (χ1v) is 6.57. The Kier molecular flexibility index (Phi) is 3.48. The molecule has 0 saturated heterocycles. The number of benzene rings is 1. The van der Waals surface area contributed by atoms with Gasteiger partial charge in [0, 0.05) is 12.6 Å². The molecule has 0 spiro atoms. The molecule has 1 aliphatic rings. The van der Waals surface area contributed by atoms with Crippen LogP contribution in [0.15, 0.2) is 36.5 Å². The number of alkyl halides is 3. The number of nitrogens with zero attached hydrogens (tertiary/aromatic N) is 1. The average Bonchev–Trinajstić information content (AvgIpc) is 2.47. The molecular formula is C15H11F3N2O2. The van der Waals surface area contributed by atoms with Crippen LogP contribution in [0.2, 0.25) is 0 Å². The van der Waals surface area contributed by atoms with Crippen LogP contribution in [0.5, 0.6) is 11.6 Å². The second-order valence-electron chi connectivity index (χ2n) is 4.79. The van der Waals surface area contributed by atoms with Gasteiger partial charge in [0.1, 0.15) is 5.56 Å². The number of hydrogen-bond donors (Lipinski definition) is 1. The van der Waals surface area contributed by atoms with Crippen molar-refractivity contribution in [3.05, 3.63) is 47.7 Å². The molecular weight excluding hydrogens is 297 g/mol. The maximum absolute atomic E-state index is 13.0. The lowest BCUT2D eigenvalue weighted by atomic mass is 10.0. The fourth-order valence-corrected chi connectivity index (χ4v) is 2.25. The number of ether oxygens (including phenoxy) is 1. The van der Waals surface area contributed by atoms with E-state index in [0.717, 1.165) is 11.6 Å².